The van der Waals surface area contributed by atoms with Gasteiger partial charge in [0.1, 0.15) is 0 Å². The second kappa shape index (κ2) is 9.53. The third kappa shape index (κ3) is 6.20. The number of carbonyl (C=O) groups is 1. The molecule has 0 spiro atoms. The number of hydrogen-bond acceptors (Lipinski definition) is 4. The van der Waals surface area contributed by atoms with Crippen molar-refractivity contribution in [3.63, 3.8) is 0 Å². The van der Waals surface area contributed by atoms with Gasteiger partial charge in [-0.15, -0.1) is 0 Å². The van der Waals surface area contributed by atoms with Crippen molar-refractivity contribution in [3.8, 4) is 0 Å². The molecular weight excluding hydrogens is 288 g/mol. The number of piperazine rings is 1. The quantitative estimate of drug-likeness (QED) is 0.711. The first-order valence-corrected chi connectivity index (χ1v) is 8.70. The maximum atomic E-state index is 11.3. The summed E-state index contributed by atoms with van der Waals surface area (Å²) < 4.78 is 0. The molecule has 3 N–H and O–H groups in total. The van der Waals surface area contributed by atoms with E-state index in [-0.39, 0.29) is 5.91 Å². The smallest absolute Gasteiger partial charge is 0.221 e. The SMILES string of the molecule is Cc1cccc(N2CCN(CCCCNC(=O)CCN)CC2)c1. The average Bonchev–Trinajstić information content (AvgIpc) is 2.55. The molecule has 0 aliphatic carbocycles. The number of unbranched alkanes of at least 4 members (excludes halogenated alkanes) is 1. The van der Waals surface area contributed by atoms with E-state index in [4.69, 9.17) is 5.73 Å². The molecule has 1 aromatic rings. The van der Waals surface area contributed by atoms with Crippen molar-refractivity contribution in [1.29, 1.82) is 0 Å². The van der Waals surface area contributed by atoms with E-state index < -0.39 is 0 Å². The van der Waals surface area contributed by atoms with Gasteiger partial charge in [-0.1, -0.05) is 12.1 Å². The van der Waals surface area contributed by atoms with Gasteiger partial charge >= 0.3 is 0 Å². The highest BCUT2D eigenvalue weighted by Gasteiger charge is 2.16. The first kappa shape index (κ1) is 17.8. The van der Waals surface area contributed by atoms with Crippen molar-refractivity contribution < 1.29 is 4.79 Å². The molecule has 0 aromatic heterocycles. The summed E-state index contributed by atoms with van der Waals surface area (Å²) in [5.74, 6) is 0.0688. The Labute approximate surface area is 139 Å². The summed E-state index contributed by atoms with van der Waals surface area (Å²) in [7, 11) is 0. The van der Waals surface area contributed by atoms with Gasteiger partial charge in [0.15, 0.2) is 0 Å². The monoisotopic (exact) mass is 318 g/mol. The van der Waals surface area contributed by atoms with E-state index in [0.717, 1.165) is 52.1 Å². The molecular formula is C18H30N4O. The Bertz CT molecular complexity index is 484. The van der Waals surface area contributed by atoms with Crippen LogP contribution in [0.25, 0.3) is 0 Å². The Kier molecular flexibility index (Phi) is 7.36. The lowest BCUT2D eigenvalue weighted by Crippen LogP contribution is -2.46. The summed E-state index contributed by atoms with van der Waals surface area (Å²) in [5, 5.41) is 2.91. The van der Waals surface area contributed by atoms with Crippen LogP contribution in [-0.4, -0.2) is 56.6 Å². The van der Waals surface area contributed by atoms with E-state index >= 15 is 0 Å². The van der Waals surface area contributed by atoms with Gasteiger partial charge in [-0.25, -0.2) is 0 Å². The maximum Gasteiger partial charge on any atom is 0.221 e. The van der Waals surface area contributed by atoms with Crippen molar-refractivity contribution in [3.05, 3.63) is 29.8 Å². The number of carbonyl (C=O) groups excluding carboxylic acids is 1. The van der Waals surface area contributed by atoms with Gasteiger partial charge in [0, 0.05) is 51.4 Å². The van der Waals surface area contributed by atoms with Crippen LogP contribution < -0.4 is 16.0 Å². The number of aryl methyl sites for hydroxylation is 1. The molecule has 2 rings (SSSR count). The third-order valence-corrected chi connectivity index (χ3v) is 4.33. The highest BCUT2D eigenvalue weighted by Crippen LogP contribution is 2.17. The highest BCUT2D eigenvalue weighted by atomic mass is 16.1. The summed E-state index contributed by atoms with van der Waals surface area (Å²) >= 11 is 0. The second-order valence-electron chi connectivity index (χ2n) is 6.26. The van der Waals surface area contributed by atoms with Crippen molar-refractivity contribution in [2.75, 3.05) is 50.7 Å². The number of nitrogens with two attached hydrogens (primary N) is 1. The van der Waals surface area contributed by atoms with Crippen molar-refractivity contribution in [1.82, 2.24) is 10.2 Å². The van der Waals surface area contributed by atoms with Gasteiger partial charge in [0.05, 0.1) is 0 Å². The zero-order chi connectivity index (χ0) is 16.5. The first-order valence-electron chi connectivity index (χ1n) is 8.70. The molecule has 1 heterocycles. The van der Waals surface area contributed by atoms with Gasteiger partial charge in [-0.2, -0.15) is 0 Å². The molecule has 128 valence electrons. The molecule has 5 heteroatoms. The molecule has 1 fully saturated rings. The lowest BCUT2D eigenvalue weighted by molar-refractivity contribution is -0.120. The lowest BCUT2D eigenvalue weighted by Gasteiger charge is -2.36. The summed E-state index contributed by atoms with van der Waals surface area (Å²) in [4.78, 5) is 16.3. The van der Waals surface area contributed by atoms with E-state index in [2.05, 4.69) is 46.3 Å². The fourth-order valence-electron chi connectivity index (χ4n) is 2.96. The number of rotatable bonds is 8. The van der Waals surface area contributed by atoms with Gasteiger partial charge in [0.25, 0.3) is 0 Å². The number of benzene rings is 1. The molecule has 0 bridgehead atoms. The topological polar surface area (TPSA) is 61.6 Å². The zero-order valence-corrected chi connectivity index (χ0v) is 14.3. The summed E-state index contributed by atoms with van der Waals surface area (Å²) in [6.07, 6.45) is 2.60. The molecule has 5 nitrogen and oxygen atoms in total. The fourth-order valence-corrected chi connectivity index (χ4v) is 2.96. The molecule has 23 heavy (non-hydrogen) atoms. The Balaban J connectivity index is 1.59. The molecule has 0 atom stereocenters. The normalized spacial score (nSPS) is 15.7. The van der Waals surface area contributed by atoms with E-state index in [0.29, 0.717) is 13.0 Å². The molecule has 0 unspecified atom stereocenters. The Morgan fingerprint density at radius 3 is 2.70 bits per heavy atom. The van der Waals surface area contributed by atoms with Gasteiger partial charge in [-0.3, -0.25) is 9.69 Å². The highest BCUT2D eigenvalue weighted by molar-refractivity contribution is 5.75. The van der Waals surface area contributed by atoms with Crippen molar-refractivity contribution >= 4 is 11.6 Å². The predicted molar refractivity (Wildman–Crippen MR) is 95.7 cm³/mol. The van der Waals surface area contributed by atoms with E-state index in [1.807, 2.05) is 0 Å². The van der Waals surface area contributed by atoms with Crippen LogP contribution >= 0.6 is 0 Å². The Morgan fingerprint density at radius 1 is 1.22 bits per heavy atom. The largest absolute Gasteiger partial charge is 0.369 e. The van der Waals surface area contributed by atoms with Crippen molar-refractivity contribution in [2.45, 2.75) is 26.2 Å². The fraction of sp³-hybridized carbons (Fsp3) is 0.611. The predicted octanol–water partition coefficient (Wildman–Crippen LogP) is 1.36. The summed E-state index contributed by atoms with van der Waals surface area (Å²) in [5.41, 5.74) is 8.01. The van der Waals surface area contributed by atoms with Gasteiger partial charge < -0.3 is 16.0 Å². The van der Waals surface area contributed by atoms with Crippen LogP contribution in [0.3, 0.4) is 0 Å². The van der Waals surface area contributed by atoms with Crippen LogP contribution in [-0.2, 0) is 4.79 Å². The number of anilines is 1. The van der Waals surface area contributed by atoms with Crippen molar-refractivity contribution in [2.24, 2.45) is 5.73 Å². The van der Waals surface area contributed by atoms with Crippen LogP contribution in [0.15, 0.2) is 24.3 Å². The molecule has 0 saturated carbocycles. The number of hydrogen-bond donors (Lipinski definition) is 2. The minimum absolute atomic E-state index is 0.0688. The minimum Gasteiger partial charge on any atom is -0.369 e. The molecule has 1 amide bonds. The maximum absolute atomic E-state index is 11.3. The standard InChI is InChI=1S/C18H30N4O/c1-16-5-4-6-17(15-16)22-13-11-21(12-14-22)10-3-2-9-20-18(23)7-8-19/h4-6,15H,2-3,7-14,19H2,1H3,(H,20,23). The molecule has 1 saturated heterocycles. The van der Waals surface area contributed by atoms with E-state index in [1.54, 1.807) is 0 Å². The average molecular weight is 318 g/mol. The molecule has 1 aromatic carbocycles. The van der Waals surface area contributed by atoms with Gasteiger partial charge in [-0.05, 0) is 44.0 Å². The molecule has 0 radical (unpaired) electrons. The number of amides is 1. The summed E-state index contributed by atoms with van der Waals surface area (Å²) in [6, 6.07) is 8.74. The van der Waals surface area contributed by atoms with E-state index in [9.17, 15) is 4.79 Å². The third-order valence-electron chi connectivity index (χ3n) is 4.33. The second-order valence-corrected chi connectivity index (χ2v) is 6.26. The number of nitrogens with zero attached hydrogens (tertiary/aromatic N) is 2. The van der Waals surface area contributed by atoms with E-state index in [1.165, 1.54) is 11.3 Å². The Morgan fingerprint density at radius 2 is 2.00 bits per heavy atom. The lowest BCUT2D eigenvalue weighted by atomic mass is 10.2. The summed E-state index contributed by atoms with van der Waals surface area (Å²) in [6.45, 7) is 8.88. The zero-order valence-electron chi connectivity index (χ0n) is 14.3. The molecule has 1 aliphatic rings. The minimum atomic E-state index is 0.0688. The van der Waals surface area contributed by atoms with Crippen LogP contribution in [0.1, 0.15) is 24.8 Å². The number of nitrogens with one attached hydrogen (secondary N) is 1. The van der Waals surface area contributed by atoms with Gasteiger partial charge in [0.2, 0.25) is 5.91 Å². The van der Waals surface area contributed by atoms with Crippen LogP contribution in [0.2, 0.25) is 0 Å². The molecule has 1 aliphatic heterocycles. The Hall–Kier alpha value is -1.59. The first-order chi connectivity index (χ1) is 11.2. The van der Waals surface area contributed by atoms with Crippen LogP contribution in [0.5, 0.6) is 0 Å². The van der Waals surface area contributed by atoms with Crippen LogP contribution in [0, 0.1) is 6.92 Å². The van der Waals surface area contributed by atoms with Crippen LogP contribution in [0.4, 0.5) is 5.69 Å².